The van der Waals surface area contributed by atoms with Crippen molar-refractivity contribution in [2.24, 2.45) is 5.92 Å². The topological polar surface area (TPSA) is 66.5 Å². The number of nitrogens with one attached hydrogen (secondary N) is 1. The molecule has 122 valence electrons. The summed E-state index contributed by atoms with van der Waals surface area (Å²) in [5.41, 5.74) is 0. The molecular formula is C15H28N2O3S. The molecule has 1 amide bonds. The molecule has 2 fully saturated rings. The molecular weight excluding hydrogens is 288 g/mol. The Hall–Kier alpha value is -0.620. The van der Waals surface area contributed by atoms with E-state index in [1.165, 1.54) is 30.0 Å². The quantitative estimate of drug-likeness (QED) is 0.626. The van der Waals surface area contributed by atoms with E-state index < -0.39 is 10.0 Å². The van der Waals surface area contributed by atoms with Gasteiger partial charge in [0.25, 0.3) is 0 Å². The number of nitrogens with zero attached hydrogens (tertiary/aromatic N) is 1. The summed E-state index contributed by atoms with van der Waals surface area (Å²) in [7, 11) is -3.08. The fraction of sp³-hybridized carbons (Fsp3) is 0.933. The van der Waals surface area contributed by atoms with Gasteiger partial charge in [0.15, 0.2) is 0 Å². The first-order valence-electron chi connectivity index (χ1n) is 8.32. The lowest BCUT2D eigenvalue weighted by atomic mass is 10.0. The molecule has 0 aromatic carbocycles. The average molecular weight is 316 g/mol. The standard InChI is InChI=1S/C15H28N2O3S/c1-2-3-4-5-6-7-10-16-15(18)13-11-17(12-13)21(19,20)14-8-9-14/h13-14H,2-12H2,1H3,(H,16,18). The van der Waals surface area contributed by atoms with E-state index in [0.29, 0.717) is 13.1 Å². The molecule has 1 aliphatic heterocycles. The molecule has 1 saturated carbocycles. The Morgan fingerprint density at radius 3 is 2.33 bits per heavy atom. The predicted molar refractivity (Wildman–Crippen MR) is 83.4 cm³/mol. The summed E-state index contributed by atoms with van der Waals surface area (Å²) in [5, 5.41) is 2.77. The molecule has 1 N–H and O–H groups in total. The van der Waals surface area contributed by atoms with Crippen LogP contribution in [0.1, 0.15) is 58.3 Å². The van der Waals surface area contributed by atoms with Gasteiger partial charge in [-0.05, 0) is 19.3 Å². The molecule has 1 aliphatic carbocycles. The summed E-state index contributed by atoms with van der Waals surface area (Å²) in [6.07, 6.45) is 8.81. The van der Waals surface area contributed by atoms with E-state index in [1.54, 1.807) is 0 Å². The van der Waals surface area contributed by atoms with Crippen LogP contribution in [0.5, 0.6) is 0 Å². The smallest absolute Gasteiger partial charge is 0.225 e. The number of hydrogen-bond donors (Lipinski definition) is 1. The summed E-state index contributed by atoms with van der Waals surface area (Å²) >= 11 is 0. The summed E-state index contributed by atoms with van der Waals surface area (Å²) < 4.78 is 25.3. The van der Waals surface area contributed by atoms with E-state index in [4.69, 9.17) is 0 Å². The molecule has 0 radical (unpaired) electrons. The minimum Gasteiger partial charge on any atom is -0.356 e. The van der Waals surface area contributed by atoms with Gasteiger partial charge in [-0.25, -0.2) is 8.42 Å². The van der Waals surface area contributed by atoms with Gasteiger partial charge < -0.3 is 5.32 Å². The van der Waals surface area contributed by atoms with Crippen molar-refractivity contribution in [3.8, 4) is 0 Å². The van der Waals surface area contributed by atoms with Crippen molar-refractivity contribution in [2.45, 2.75) is 63.5 Å². The van der Waals surface area contributed by atoms with E-state index in [2.05, 4.69) is 12.2 Å². The summed E-state index contributed by atoms with van der Waals surface area (Å²) in [4.78, 5) is 11.9. The maximum Gasteiger partial charge on any atom is 0.225 e. The van der Waals surface area contributed by atoms with Crippen LogP contribution in [0.15, 0.2) is 0 Å². The van der Waals surface area contributed by atoms with Gasteiger partial charge in [0, 0.05) is 19.6 Å². The van der Waals surface area contributed by atoms with Gasteiger partial charge in [0.05, 0.1) is 11.2 Å². The Bertz CT molecular complexity index is 440. The summed E-state index contributed by atoms with van der Waals surface area (Å²) in [6.45, 7) is 3.67. The maximum atomic E-state index is 11.9. The summed E-state index contributed by atoms with van der Waals surface area (Å²) in [5.74, 6) is -0.121. The largest absolute Gasteiger partial charge is 0.356 e. The van der Waals surface area contributed by atoms with Gasteiger partial charge in [-0.15, -0.1) is 0 Å². The van der Waals surface area contributed by atoms with E-state index in [9.17, 15) is 13.2 Å². The second-order valence-electron chi connectivity index (χ2n) is 6.32. The molecule has 5 nitrogen and oxygen atoms in total. The van der Waals surface area contributed by atoms with Crippen LogP contribution in [0.2, 0.25) is 0 Å². The lowest BCUT2D eigenvalue weighted by Gasteiger charge is -2.37. The molecule has 0 aromatic rings. The van der Waals surface area contributed by atoms with Crippen molar-refractivity contribution >= 4 is 15.9 Å². The van der Waals surface area contributed by atoms with Crippen LogP contribution in [0.3, 0.4) is 0 Å². The van der Waals surface area contributed by atoms with Crippen molar-refractivity contribution in [2.75, 3.05) is 19.6 Å². The lowest BCUT2D eigenvalue weighted by Crippen LogP contribution is -2.56. The number of amides is 1. The molecule has 1 saturated heterocycles. The zero-order valence-electron chi connectivity index (χ0n) is 13.0. The van der Waals surface area contributed by atoms with Crippen molar-refractivity contribution in [3.63, 3.8) is 0 Å². The molecule has 0 spiro atoms. The van der Waals surface area contributed by atoms with Crippen LogP contribution in [-0.4, -0.2) is 43.5 Å². The van der Waals surface area contributed by atoms with Crippen molar-refractivity contribution in [3.05, 3.63) is 0 Å². The monoisotopic (exact) mass is 316 g/mol. The first kappa shape index (κ1) is 16.7. The average Bonchev–Trinajstić information content (AvgIpc) is 3.20. The first-order valence-corrected chi connectivity index (χ1v) is 9.82. The summed E-state index contributed by atoms with van der Waals surface area (Å²) in [6, 6.07) is 0. The molecule has 6 heteroatoms. The van der Waals surface area contributed by atoms with Crippen molar-refractivity contribution < 1.29 is 13.2 Å². The van der Waals surface area contributed by atoms with Crippen LogP contribution in [-0.2, 0) is 14.8 Å². The van der Waals surface area contributed by atoms with Crippen molar-refractivity contribution in [1.29, 1.82) is 0 Å². The maximum absolute atomic E-state index is 11.9. The van der Waals surface area contributed by atoms with Gasteiger partial charge in [-0.1, -0.05) is 39.0 Å². The Labute approximate surface area is 128 Å². The zero-order chi connectivity index (χ0) is 15.3. The number of unbranched alkanes of at least 4 members (excludes halogenated alkanes) is 5. The SMILES string of the molecule is CCCCCCCCNC(=O)C1CN(S(=O)(=O)C2CC2)C1. The van der Waals surface area contributed by atoms with Crippen LogP contribution in [0.25, 0.3) is 0 Å². The highest BCUT2D eigenvalue weighted by Gasteiger charge is 2.46. The Balaban J connectivity index is 1.53. The second-order valence-corrected chi connectivity index (χ2v) is 8.53. The number of rotatable bonds is 10. The minimum absolute atomic E-state index is 0.0193. The molecule has 2 aliphatic rings. The molecule has 1 heterocycles. The Kier molecular flexibility index (Phi) is 6.05. The van der Waals surface area contributed by atoms with Crippen LogP contribution in [0.4, 0.5) is 0 Å². The molecule has 0 unspecified atom stereocenters. The molecule has 0 bridgehead atoms. The van der Waals surface area contributed by atoms with Crippen LogP contribution >= 0.6 is 0 Å². The van der Waals surface area contributed by atoms with Crippen molar-refractivity contribution in [1.82, 2.24) is 9.62 Å². The molecule has 0 atom stereocenters. The van der Waals surface area contributed by atoms with E-state index >= 15 is 0 Å². The van der Waals surface area contributed by atoms with Crippen LogP contribution in [0, 0.1) is 5.92 Å². The van der Waals surface area contributed by atoms with Gasteiger partial charge >= 0.3 is 0 Å². The number of hydrogen-bond acceptors (Lipinski definition) is 3. The van der Waals surface area contributed by atoms with Crippen LogP contribution < -0.4 is 5.32 Å². The van der Waals surface area contributed by atoms with E-state index in [-0.39, 0.29) is 17.1 Å². The Morgan fingerprint density at radius 2 is 1.71 bits per heavy atom. The Morgan fingerprint density at radius 1 is 1.10 bits per heavy atom. The number of sulfonamides is 1. The number of carbonyl (C=O) groups excluding carboxylic acids is 1. The second kappa shape index (κ2) is 7.58. The van der Waals surface area contributed by atoms with Gasteiger partial charge in [-0.2, -0.15) is 4.31 Å². The normalized spacial score (nSPS) is 20.2. The number of carbonyl (C=O) groups is 1. The first-order chi connectivity index (χ1) is 10.1. The zero-order valence-corrected chi connectivity index (χ0v) is 13.8. The molecule has 2 rings (SSSR count). The van der Waals surface area contributed by atoms with Gasteiger partial charge in [0.1, 0.15) is 0 Å². The third-order valence-electron chi connectivity index (χ3n) is 4.35. The van der Waals surface area contributed by atoms with E-state index in [0.717, 1.165) is 32.2 Å². The van der Waals surface area contributed by atoms with Gasteiger partial charge in [0.2, 0.25) is 15.9 Å². The highest BCUT2D eigenvalue weighted by atomic mass is 32.2. The lowest BCUT2D eigenvalue weighted by molar-refractivity contribution is -0.128. The third-order valence-corrected chi connectivity index (χ3v) is 6.69. The van der Waals surface area contributed by atoms with Gasteiger partial charge in [-0.3, -0.25) is 4.79 Å². The highest BCUT2D eigenvalue weighted by molar-refractivity contribution is 7.90. The minimum atomic E-state index is -3.08. The molecule has 21 heavy (non-hydrogen) atoms. The third kappa shape index (κ3) is 4.68. The molecule has 0 aromatic heterocycles. The fourth-order valence-corrected chi connectivity index (χ4v) is 4.58. The fourth-order valence-electron chi connectivity index (χ4n) is 2.65. The highest BCUT2D eigenvalue weighted by Crippen LogP contribution is 2.34. The van der Waals surface area contributed by atoms with E-state index in [1.807, 2.05) is 0 Å². The predicted octanol–water partition coefficient (Wildman–Crippen LogP) is 1.89.